The van der Waals surface area contributed by atoms with Crippen LogP contribution in [0.5, 0.6) is 0 Å². The first-order chi connectivity index (χ1) is 13.8. The number of guanidine groups is 1. The van der Waals surface area contributed by atoms with Gasteiger partial charge in [0.2, 0.25) is 0 Å². The second-order valence-corrected chi connectivity index (χ2v) is 6.91. The van der Waals surface area contributed by atoms with Crippen LogP contribution < -0.4 is 10.2 Å². The van der Waals surface area contributed by atoms with Gasteiger partial charge in [-0.05, 0) is 38.1 Å². The highest BCUT2D eigenvalue weighted by Gasteiger charge is 2.30. The standard InChI is InChI=1S/C19H26F3N7/c1-4-23-18(24-13-17-26-25-14(2)27(17)3)29-11-9-28(10-12-29)16-7-5-15(6-8-16)19(20,21)22/h5-8H,4,9-13H2,1-3H3,(H,23,24). The van der Waals surface area contributed by atoms with Gasteiger partial charge in [0.25, 0.3) is 0 Å². The molecule has 2 heterocycles. The minimum atomic E-state index is -4.31. The monoisotopic (exact) mass is 409 g/mol. The van der Waals surface area contributed by atoms with E-state index in [1.165, 1.54) is 12.1 Å². The van der Waals surface area contributed by atoms with E-state index in [0.29, 0.717) is 19.6 Å². The van der Waals surface area contributed by atoms with Crippen molar-refractivity contribution in [2.24, 2.45) is 12.0 Å². The highest BCUT2D eigenvalue weighted by molar-refractivity contribution is 5.80. The molecule has 1 aliphatic heterocycles. The maximum Gasteiger partial charge on any atom is 0.416 e. The Bertz CT molecular complexity index is 834. The SMILES string of the molecule is CCNC(=NCc1nnc(C)n1C)N1CCN(c2ccc(C(F)(F)F)cc2)CC1. The van der Waals surface area contributed by atoms with Crippen molar-refractivity contribution < 1.29 is 13.2 Å². The molecule has 1 aromatic heterocycles. The number of aliphatic imine (C=N–C) groups is 1. The maximum atomic E-state index is 12.7. The normalized spacial score (nSPS) is 15.7. The van der Waals surface area contributed by atoms with Crippen molar-refractivity contribution in [3.8, 4) is 0 Å². The Balaban J connectivity index is 1.62. The zero-order valence-electron chi connectivity index (χ0n) is 16.9. The molecule has 1 aromatic carbocycles. The number of alkyl halides is 3. The lowest BCUT2D eigenvalue weighted by Gasteiger charge is -2.37. The zero-order valence-corrected chi connectivity index (χ0v) is 16.9. The number of hydrogen-bond acceptors (Lipinski definition) is 4. The summed E-state index contributed by atoms with van der Waals surface area (Å²) in [6.07, 6.45) is -4.31. The molecule has 0 atom stereocenters. The van der Waals surface area contributed by atoms with Gasteiger partial charge in [0.05, 0.1) is 5.56 Å². The number of piperazine rings is 1. The summed E-state index contributed by atoms with van der Waals surface area (Å²) in [4.78, 5) is 8.93. The molecule has 0 aliphatic carbocycles. The number of hydrogen-bond donors (Lipinski definition) is 1. The van der Waals surface area contributed by atoms with Crippen molar-refractivity contribution in [2.75, 3.05) is 37.6 Å². The average Bonchev–Trinajstić information content (AvgIpc) is 3.03. The Morgan fingerprint density at radius 3 is 2.28 bits per heavy atom. The molecule has 0 saturated carbocycles. The molecule has 1 saturated heterocycles. The molecular weight excluding hydrogens is 383 g/mol. The molecule has 0 bridgehead atoms. The molecule has 0 radical (unpaired) electrons. The molecule has 10 heteroatoms. The van der Waals surface area contributed by atoms with E-state index in [-0.39, 0.29) is 0 Å². The molecule has 1 fully saturated rings. The molecule has 7 nitrogen and oxygen atoms in total. The van der Waals surface area contributed by atoms with Gasteiger partial charge in [-0.1, -0.05) is 0 Å². The van der Waals surface area contributed by atoms with Crippen LogP contribution in [-0.4, -0.2) is 58.3 Å². The number of halogens is 3. The van der Waals surface area contributed by atoms with E-state index in [0.717, 1.165) is 55.1 Å². The van der Waals surface area contributed by atoms with Crippen LogP contribution in [0.3, 0.4) is 0 Å². The van der Waals surface area contributed by atoms with Crippen LogP contribution in [0, 0.1) is 6.92 Å². The summed E-state index contributed by atoms with van der Waals surface area (Å²) in [6, 6.07) is 5.34. The van der Waals surface area contributed by atoms with Gasteiger partial charge in [0, 0.05) is 45.5 Å². The number of anilines is 1. The summed E-state index contributed by atoms with van der Waals surface area (Å²) in [5, 5.41) is 11.5. The van der Waals surface area contributed by atoms with Gasteiger partial charge in [-0.15, -0.1) is 10.2 Å². The van der Waals surface area contributed by atoms with Crippen molar-refractivity contribution >= 4 is 11.6 Å². The van der Waals surface area contributed by atoms with Crippen LogP contribution >= 0.6 is 0 Å². The lowest BCUT2D eigenvalue weighted by molar-refractivity contribution is -0.137. The predicted molar refractivity (Wildman–Crippen MR) is 106 cm³/mol. The number of aromatic nitrogens is 3. The fraction of sp³-hybridized carbons (Fsp3) is 0.526. The fourth-order valence-electron chi connectivity index (χ4n) is 3.20. The number of rotatable bonds is 4. The van der Waals surface area contributed by atoms with E-state index in [1.54, 1.807) is 0 Å². The van der Waals surface area contributed by atoms with Gasteiger partial charge in [-0.2, -0.15) is 13.2 Å². The third-order valence-electron chi connectivity index (χ3n) is 5.03. The van der Waals surface area contributed by atoms with Gasteiger partial charge >= 0.3 is 6.18 Å². The Labute approximate surface area is 168 Å². The molecular formula is C19H26F3N7. The Hall–Kier alpha value is -2.78. The Morgan fingerprint density at radius 1 is 1.10 bits per heavy atom. The summed E-state index contributed by atoms with van der Waals surface area (Å²) in [5.41, 5.74) is 0.176. The lowest BCUT2D eigenvalue weighted by atomic mass is 10.1. The highest BCUT2D eigenvalue weighted by atomic mass is 19.4. The zero-order chi connectivity index (χ0) is 21.0. The third-order valence-corrected chi connectivity index (χ3v) is 5.03. The van der Waals surface area contributed by atoms with Crippen molar-refractivity contribution in [2.45, 2.75) is 26.6 Å². The van der Waals surface area contributed by atoms with E-state index >= 15 is 0 Å². The molecule has 1 N–H and O–H groups in total. The van der Waals surface area contributed by atoms with E-state index in [4.69, 9.17) is 0 Å². The number of nitrogens with zero attached hydrogens (tertiary/aromatic N) is 6. The van der Waals surface area contributed by atoms with Gasteiger partial charge in [-0.3, -0.25) is 0 Å². The molecule has 0 unspecified atom stereocenters. The Kier molecular flexibility index (Phi) is 6.29. The minimum Gasteiger partial charge on any atom is -0.368 e. The van der Waals surface area contributed by atoms with E-state index in [9.17, 15) is 13.2 Å². The predicted octanol–water partition coefficient (Wildman–Crippen LogP) is 2.43. The van der Waals surface area contributed by atoms with Crippen molar-refractivity contribution in [1.82, 2.24) is 25.0 Å². The summed E-state index contributed by atoms with van der Waals surface area (Å²) in [6.45, 7) is 7.95. The quantitative estimate of drug-likeness (QED) is 0.621. The minimum absolute atomic E-state index is 0.429. The van der Waals surface area contributed by atoms with Crippen LogP contribution in [0.2, 0.25) is 0 Å². The number of nitrogens with one attached hydrogen (secondary N) is 1. The van der Waals surface area contributed by atoms with Gasteiger partial charge in [0.1, 0.15) is 12.4 Å². The smallest absolute Gasteiger partial charge is 0.368 e. The highest BCUT2D eigenvalue weighted by Crippen LogP contribution is 2.30. The number of aryl methyl sites for hydroxylation is 1. The molecule has 0 spiro atoms. The van der Waals surface area contributed by atoms with Crippen molar-refractivity contribution in [1.29, 1.82) is 0 Å². The molecule has 29 heavy (non-hydrogen) atoms. The largest absolute Gasteiger partial charge is 0.416 e. The van der Waals surface area contributed by atoms with Crippen LogP contribution in [0.25, 0.3) is 0 Å². The maximum absolute atomic E-state index is 12.7. The fourth-order valence-corrected chi connectivity index (χ4v) is 3.20. The molecule has 158 valence electrons. The molecule has 3 rings (SSSR count). The summed E-state index contributed by atoms with van der Waals surface area (Å²) < 4.78 is 40.1. The lowest BCUT2D eigenvalue weighted by Crippen LogP contribution is -2.52. The average molecular weight is 409 g/mol. The van der Waals surface area contributed by atoms with Crippen LogP contribution in [0.15, 0.2) is 29.3 Å². The molecule has 0 amide bonds. The second kappa shape index (κ2) is 8.71. The van der Waals surface area contributed by atoms with E-state index < -0.39 is 11.7 Å². The summed E-state index contributed by atoms with van der Waals surface area (Å²) >= 11 is 0. The Morgan fingerprint density at radius 2 is 1.76 bits per heavy atom. The van der Waals surface area contributed by atoms with E-state index in [1.807, 2.05) is 25.5 Å². The van der Waals surface area contributed by atoms with E-state index in [2.05, 4.69) is 30.3 Å². The van der Waals surface area contributed by atoms with Gasteiger partial charge < -0.3 is 19.7 Å². The van der Waals surface area contributed by atoms with Gasteiger partial charge in [-0.25, -0.2) is 4.99 Å². The summed E-state index contributed by atoms with van der Waals surface area (Å²) in [5.74, 6) is 2.44. The van der Waals surface area contributed by atoms with Crippen molar-refractivity contribution in [3.63, 3.8) is 0 Å². The van der Waals surface area contributed by atoms with Crippen molar-refractivity contribution in [3.05, 3.63) is 41.5 Å². The number of benzene rings is 1. The molecule has 2 aromatic rings. The first-order valence-electron chi connectivity index (χ1n) is 9.60. The molecule has 1 aliphatic rings. The second-order valence-electron chi connectivity index (χ2n) is 6.91. The summed E-state index contributed by atoms with van der Waals surface area (Å²) in [7, 11) is 1.91. The van der Waals surface area contributed by atoms with Crippen LogP contribution in [-0.2, 0) is 19.8 Å². The van der Waals surface area contributed by atoms with Crippen LogP contribution in [0.1, 0.15) is 24.1 Å². The van der Waals surface area contributed by atoms with Gasteiger partial charge in [0.15, 0.2) is 11.8 Å². The van der Waals surface area contributed by atoms with Crippen LogP contribution in [0.4, 0.5) is 18.9 Å². The first-order valence-corrected chi connectivity index (χ1v) is 9.60. The third kappa shape index (κ3) is 4.99. The first kappa shape index (κ1) is 20.9. The topological polar surface area (TPSA) is 61.6 Å².